The molecular formula is C11H20N2O. The average Bonchev–Trinajstić information content (AvgIpc) is 2.58. The summed E-state index contributed by atoms with van der Waals surface area (Å²) >= 11 is 0. The van der Waals surface area contributed by atoms with Crippen molar-refractivity contribution < 1.29 is 4.79 Å². The first kappa shape index (κ1) is 9.97. The Balaban J connectivity index is 1.83. The van der Waals surface area contributed by atoms with E-state index in [0.29, 0.717) is 12.1 Å². The fourth-order valence-corrected chi connectivity index (χ4v) is 2.37. The van der Waals surface area contributed by atoms with E-state index in [9.17, 15) is 4.79 Å². The molecule has 2 atom stereocenters. The quantitative estimate of drug-likeness (QED) is 0.708. The molecule has 2 fully saturated rings. The summed E-state index contributed by atoms with van der Waals surface area (Å²) in [5.41, 5.74) is 0. The maximum absolute atomic E-state index is 11.9. The van der Waals surface area contributed by atoms with Crippen LogP contribution in [0.3, 0.4) is 0 Å². The fraction of sp³-hybridized carbons (Fsp3) is 0.909. The summed E-state index contributed by atoms with van der Waals surface area (Å²) in [5.74, 6) is 0.507. The van der Waals surface area contributed by atoms with Crippen molar-refractivity contribution in [2.24, 2.45) is 5.92 Å². The van der Waals surface area contributed by atoms with E-state index in [4.69, 9.17) is 0 Å². The van der Waals surface area contributed by atoms with Gasteiger partial charge in [0.1, 0.15) is 0 Å². The molecule has 0 spiro atoms. The Bertz CT molecular complexity index is 213. The van der Waals surface area contributed by atoms with Crippen molar-refractivity contribution in [3.8, 4) is 0 Å². The van der Waals surface area contributed by atoms with Gasteiger partial charge in [-0.1, -0.05) is 6.92 Å². The molecule has 1 heterocycles. The first-order chi connectivity index (χ1) is 6.81. The highest BCUT2D eigenvalue weighted by molar-refractivity contribution is 5.80. The standard InChI is InChI=1S/C11H20N2O/c1-2-10-9(6-7-12-10)11(14)13-8-4-3-5-8/h8-10,12H,2-7H2,1H3,(H,13,14). The normalized spacial score (nSPS) is 32.6. The zero-order valence-electron chi connectivity index (χ0n) is 8.88. The first-order valence-corrected chi connectivity index (χ1v) is 5.85. The molecule has 0 aromatic carbocycles. The molecule has 0 radical (unpaired) electrons. The second-order valence-corrected chi connectivity index (χ2v) is 4.50. The highest BCUT2D eigenvalue weighted by atomic mass is 16.2. The van der Waals surface area contributed by atoms with Gasteiger partial charge in [0, 0.05) is 12.1 Å². The number of nitrogens with one attached hydrogen (secondary N) is 2. The number of rotatable bonds is 3. The second-order valence-electron chi connectivity index (χ2n) is 4.50. The Morgan fingerprint density at radius 2 is 2.21 bits per heavy atom. The SMILES string of the molecule is CCC1NCCC1C(=O)NC1CCC1. The Hall–Kier alpha value is -0.570. The fourth-order valence-electron chi connectivity index (χ4n) is 2.37. The van der Waals surface area contributed by atoms with Gasteiger partial charge in [-0.25, -0.2) is 0 Å². The van der Waals surface area contributed by atoms with Crippen molar-refractivity contribution in [1.29, 1.82) is 0 Å². The van der Waals surface area contributed by atoms with Crippen molar-refractivity contribution in [3.05, 3.63) is 0 Å². The van der Waals surface area contributed by atoms with Crippen molar-refractivity contribution in [3.63, 3.8) is 0 Å². The van der Waals surface area contributed by atoms with Crippen LogP contribution in [0.25, 0.3) is 0 Å². The smallest absolute Gasteiger partial charge is 0.224 e. The third-order valence-corrected chi connectivity index (χ3v) is 3.58. The molecule has 3 heteroatoms. The molecular weight excluding hydrogens is 176 g/mol. The number of hydrogen-bond donors (Lipinski definition) is 2. The second kappa shape index (κ2) is 4.30. The van der Waals surface area contributed by atoms with Gasteiger partial charge in [0.15, 0.2) is 0 Å². The molecule has 1 aliphatic carbocycles. The van der Waals surface area contributed by atoms with Crippen LogP contribution in [0.5, 0.6) is 0 Å². The molecule has 3 nitrogen and oxygen atoms in total. The van der Waals surface area contributed by atoms with E-state index in [2.05, 4.69) is 17.6 Å². The molecule has 1 amide bonds. The zero-order valence-corrected chi connectivity index (χ0v) is 8.88. The number of amides is 1. The Morgan fingerprint density at radius 3 is 2.79 bits per heavy atom. The molecule has 2 rings (SSSR count). The Kier molecular flexibility index (Phi) is 3.06. The zero-order chi connectivity index (χ0) is 9.97. The van der Waals surface area contributed by atoms with Crippen LogP contribution in [-0.4, -0.2) is 24.5 Å². The largest absolute Gasteiger partial charge is 0.353 e. The molecule has 14 heavy (non-hydrogen) atoms. The van der Waals surface area contributed by atoms with E-state index < -0.39 is 0 Å². The van der Waals surface area contributed by atoms with Crippen molar-refractivity contribution in [2.75, 3.05) is 6.54 Å². The van der Waals surface area contributed by atoms with Crippen molar-refractivity contribution in [1.82, 2.24) is 10.6 Å². The Labute approximate surface area is 85.6 Å². The summed E-state index contributed by atoms with van der Waals surface area (Å²) in [6.07, 6.45) is 5.72. The molecule has 2 unspecified atom stereocenters. The lowest BCUT2D eigenvalue weighted by molar-refractivity contribution is -0.126. The summed E-state index contributed by atoms with van der Waals surface area (Å²) in [6.45, 7) is 3.15. The van der Waals surface area contributed by atoms with E-state index in [-0.39, 0.29) is 11.8 Å². The summed E-state index contributed by atoms with van der Waals surface area (Å²) in [4.78, 5) is 11.9. The molecule has 0 aromatic rings. The van der Waals surface area contributed by atoms with Gasteiger partial charge in [0.05, 0.1) is 5.92 Å². The highest BCUT2D eigenvalue weighted by Gasteiger charge is 2.33. The third-order valence-electron chi connectivity index (χ3n) is 3.58. The monoisotopic (exact) mass is 196 g/mol. The van der Waals surface area contributed by atoms with Gasteiger partial charge in [-0.2, -0.15) is 0 Å². The van der Waals surface area contributed by atoms with Crippen LogP contribution in [-0.2, 0) is 4.79 Å². The predicted octanol–water partition coefficient (Wildman–Crippen LogP) is 1.04. The topological polar surface area (TPSA) is 41.1 Å². The van der Waals surface area contributed by atoms with Crippen molar-refractivity contribution in [2.45, 2.75) is 51.1 Å². The maximum atomic E-state index is 11.9. The van der Waals surface area contributed by atoms with Crippen LogP contribution in [0.2, 0.25) is 0 Å². The number of hydrogen-bond acceptors (Lipinski definition) is 2. The number of carbonyl (C=O) groups excluding carboxylic acids is 1. The van der Waals surface area contributed by atoms with Gasteiger partial charge in [-0.3, -0.25) is 4.79 Å². The van der Waals surface area contributed by atoms with Gasteiger partial charge in [-0.05, 0) is 38.6 Å². The average molecular weight is 196 g/mol. The summed E-state index contributed by atoms with van der Waals surface area (Å²) in [5, 5.41) is 6.53. The van der Waals surface area contributed by atoms with Gasteiger partial charge < -0.3 is 10.6 Å². The van der Waals surface area contributed by atoms with Gasteiger partial charge in [0.25, 0.3) is 0 Å². The molecule has 2 N–H and O–H groups in total. The lowest BCUT2D eigenvalue weighted by Gasteiger charge is -2.28. The summed E-state index contributed by atoms with van der Waals surface area (Å²) in [7, 11) is 0. The lowest BCUT2D eigenvalue weighted by Crippen LogP contribution is -2.45. The van der Waals surface area contributed by atoms with Gasteiger partial charge >= 0.3 is 0 Å². The van der Waals surface area contributed by atoms with Crippen LogP contribution >= 0.6 is 0 Å². The molecule has 80 valence electrons. The summed E-state index contributed by atoms with van der Waals surface area (Å²) < 4.78 is 0. The minimum atomic E-state index is 0.223. The summed E-state index contributed by atoms with van der Waals surface area (Å²) in [6, 6.07) is 0.899. The molecule has 1 aliphatic heterocycles. The first-order valence-electron chi connectivity index (χ1n) is 5.85. The Morgan fingerprint density at radius 1 is 1.43 bits per heavy atom. The minimum Gasteiger partial charge on any atom is -0.353 e. The third kappa shape index (κ3) is 1.92. The highest BCUT2D eigenvalue weighted by Crippen LogP contribution is 2.22. The van der Waals surface area contributed by atoms with Crippen LogP contribution < -0.4 is 10.6 Å². The molecule has 2 aliphatic rings. The van der Waals surface area contributed by atoms with E-state index in [1.807, 2.05) is 0 Å². The van der Waals surface area contributed by atoms with Crippen LogP contribution in [0, 0.1) is 5.92 Å². The van der Waals surface area contributed by atoms with E-state index >= 15 is 0 Å². The lowest BCUT2D eigenvalue weighted by atomic mass is 9.91. The van der Waals surface area contributed by atoms with Crippen LogP contribution in [0.4, 0.5) is 0 Å². The van der Waals surface area contributed by atoms with Crippen molar-refractivity contribution >= 4 is 5.91 Å². The van der Waals surface area contributed by atoms with E-state index in [1.165, 1.54) is 19.3 Å². The molecule has 0 aromatic heterocycles. The van der Waals surface area contributed by atoms with Crippen LogP contribution in [0.1, 0.15) is 39.0 Å². The van der Waals surface area contributed by atoms with Crippen LogP contribution in [0.15, 0.2) is 0 Å². The predicted molar refractivity (Wildman–Crippen MR) is 56.0 cm³/mol. The molecule has 1 saturated carbocycles. The minimum absolute atomic E-state index is 0.223. The van der Waals surface area contributed by atoms with Gasteiger partial charge in [-0.15, -0.1) is 0 Å². The van der Waals surface area contributed by atoms with E-state index in [1.54, 1.807) is 0 Å². The number of carbonyl (C=O) groups is 1. The van der Waals surface area contributed by atoms with E-state index in [0.717, 1.165) is 19.4 Å². The van der Waals surface area contributed by atoms with Gasteiger partial charge in [0.2, 0.25) is 5.91 Å². The molecule has 0 bridgehead atoms. The molecule has 1 saturated heterocycles. The maximum Gasteiger partial charge on any atom is 0.224 e.